The van der Waals surface area contributed by atoms with Gasteiger partial charge < -0.3 is 16.0 Å². The first-order chi connectivity index (χ1) is 7.00. The van der Waals surface area contributed by atoms with Gasteiger partial charge in [-0.25, -0.2) is 4.98 Å². The summed E-state index contributed by atoms with van der Waals surface area (Å²) in [6, 6.07) is 3.08. The molecule has 1 atom stereocenters. The molecule has 0 fully saturated rings. The Morgan fingerprint density at radius 1 is 1.60 bits per heavy atom. The van der Waals surface area contributed by atoms with E-state index in [-0.39, 0.29) is 11.9 Å². The lowest BCUT2D eigenvalue weighted by atomic mass is 10.3. The van der Waals surface area contributed by atoms with Crippen molar-refractivity contribution in [1.29, 1.82) is 0 Å². The van der Waals surface area contributed by atoms with Crippen molar-refractivity contribution in [2.24, 2.45) is 0 Å². The number of nitrogens with zero attached hydrogens (tertiary/aromatic N) is 2. The van der Waals surface area contributed by atoms with Crippen molar-refractivity contribution < 1.29 is 4.79 Å². The summed E-state index contributed by atoms with van der Waals surface area (Å²) >= 11 is 0. The normalized spacial score (nSPS) is 11.9. The van der Waals surface area contributed by atoms with Crippen LogP contribution in [0.25, 0.3) is 0 Å². The molecule has 1 rings (SSSR count). The van der Waals surface area contributed by atoms with E-state index in [1.165, 1.54) is 4.90 Å². The minimum absolute atomic E-state index is 0.000718. The summed E-state index contributed by atoms with van der Waals surface area (Å²) in [6.45, 7) is 1.78. The number of carbonyl (C=O) groups excluding carboxylic acids is 1. The van der Waals surface area contributed by atoms with Gasteiger partial charge in [0.1, 0.15) is 11.9 Å². The van der Waals surface area contributed by atoms with Crippen molar-refractivity contribution in [2.45, 2.75) is 13.0 Å². The SMILES string of the molecule is CC(Nc1cc(N)ccn1)C(=O)N(C)C. The van der Waals surface area contributed by atoms with Crippen LogP contribution in [0.1, 0.15) is 6.92 Å². The topological polar surface area (TPSA) is 71.2 Å². The molecule has 1 heterocycles. The van der Waals surface area contributed by atoms with Crippen LogP contribution in [-0.2, 0) is 4.79 Å². The Morgan fingerprint density at radius 2 is 2.27 bits per heavy atom. The minimum Gasteiger partial charge on any atom is -0.399 e. The zero-order chi connectivity index (χ0) is 11.4. The third-order valence-electron chi connectivity index (χ3n) is 1.96. The summed E-state index contributed by atoms with van der Waals surface area (Å²) in [4.78, 5) is 17.1. The van der Waals surface area contributed by atoms with E-state index < -0.39 is 0 Å². The quantitative estimate of drug-likeness (QED) is 0.761. The molecule has 0 saturated carbocycles. The van der Waals surface area contributed by atoms with Crippen LogP contribution in [-0.4, -0.2) is 35.9 Å². The molecule has 1 amide bonds. The van der Waals surface area contributed by atoms with Crippen LogP contribution >= 0.6 is 0 Å². The van der Waals surface area contributed by atoms with Crippen LogP contribution in [0.4, 0.5) is 11.5 Å². The Labute approximate surface area is 89.3 Å². The van der Waals surface area contributed by atoms with Crippen molar-refractivity contribution in [1.82, 2.24) is 9.88 Å². The third-order valence-corrected chi connectivity index (χ3v) is 1.96. The number of rotatable bonds is 3. The number of aromatic nitrogens is 1. The number of anilines is 2. The number of amides is 1. The lowest BCUT2D eigenvalue weighted by Crippen LogP contribution is -2.36. The molecule has 1 aromatic rings. The molecule has 82 valence electrons. The van der Waals surface area contributed by atoms with Gasteiger partial charge in [-0.1, -0.05) is 0 Å². The highest BCUT2D eigenvalue weighted by atomic mass is 16.2. The summed E-state index contributed by atoms with van der Waals surface area (Å²) in [6.07, 6.45) is 1.60. The molecule has 0 spiro atoms. The highest BCUT2D eigenvalue weighted by molar-refractivity contribution is 5.83. The van der Waals surface area contributed by atoms with Gasteiger partial charge in [-0.2, -0.15) is 0 Å². The van der Waals surface area contributed by atoms with E-state index >= 15 is 0 Å². The van der Waals surface area contributed by atoms with E-state index in [0.29, 0.717) is 11.5 Å². The molecule has 0 aliphatic heterocycles. The third kappa shape index (κ3) is 3.12. The molecule has 0 saturated heterocycles. The van der Waals surface area contributed by atoms with E-state index in [9.17, 15) is 4.79 Å². The molecule has 15 heavy (non-hydrogen) atoms. The largest absolute Gasteiger partial charge is 0.399 e. The summed E-state index contributed by atoms with van der Waals surface area (Å²) in [7, 11) is 3.43. The maximum absolute atomic E-state index is 11.5. The van der Waals surface area contributed by atoms with Crippen LogP contribution < -0.4 is 11.1 Å². The Kier molecular flexibility index (Phi) is 3.49. The first kappa shape index (κ1) is 11.3. The van der Waals surface area contributed by atoms with Crippen molar-refractivity contribution in [2.75, 3.05) is 25.1 Å². The van der Waals surface area contributed by atoms with E-state index in [1.54, 1.807) is 39.3 Å². The van der Waals surface area contributed by atoms with Crippen LogP contribution in [0, 0.1) is 0 Å². The Hall–Kier alpha value is -1.78. The summed E-state index contributed by atoms with van der Waals surface area (Å²) in [5.74, 6) is 0.608. The molecule has 1 aromatic heterocycles. The fourth-order valence-electron chi connectivity index (χ4n) is 1.20. The summed E-state index contributed by atoms with van der Waals surface area (Å²) in [5.41, 5.74) is 6.22. The highest BCUT2D eigenvalue weighted by Crippen LogP contribution is 2.09. The average Bonchev–Trinajstić information content (AvgIpc) is 2.16. The molecule has 0 bridgehead atoms. The molecule has 0 aliphatic rings. The van der Waals surface area contributed by atoms with E-state index in [2.05, 4.69) is 10.3 Å². The molecule has 0 radical (unpaired) electrons. The fraction of sp³-hybridized carbons (Fsp3) is 0.400. The summed E-state index contributed by atoms with van der Waals surface area (Å²) in [5, 5.41) is 2.98. The van der Waals surface area contributed by atoms with Gasteiger partial charge in [-0.05, 0) is 13.0 Å². The highest BCUT2D eigenvalue weighted by Gasteiger charge is 2.14. The second-order valence-electron chi connectivity index (χ2n) is 3.57. The number of nitrogens with two attached hydrogens (primary N) is 1. The van der Waals surface area contributed by atoms with Gasteiger partial charge in [0.05, 0.1) is 0 Å². The summed E-state index contributed by atoms with van der Waals surface area (Å²) < 4.78 is 0. The minimum atomic E-state index is -0.311. The zero-order valence-corrected chi connectivity index (χ0v) is 9.19. The van der Waals surface area contributed by atoms with E-state index in [1.807, 2.05) is 0 Å². The van der Waals surface area contributed by atoms with Crippen molar-refractivity contribution >= 4 is 17.4 Å². The Morgan fingerprint density at radius 3 is 2.80 bits per heavy atom. The monoisotopic (exact) mass is 208 g/mol. The van der Waals surface area contributed by atoms with Crippen LogP contribution in [0.3, 0.4) is 0 Å². The van der Waals surface area contributed by atoms with Gasteiger partial charge >= 0.3 is 0 Å². The van der Waals surface area contributed by atoms with Gasteiger partial charge in [0.15, 0.2) is 0 Å². The van der Waals surface area contributed by atoms with Crippen molar-refractivity contribution in [3.63, 3.8) is 0 Å². The number of pyridine rings is 1. The van der Waals surface area contributed by atoms with Gasteiger partial charge in [-0.15, -0.1) is 0 Å². The van der Waals surface area contributed by atoms with E-state index in [0.717, 1.165) is 0 Å². The number of hydrogen-bond acceptors (Lipinski definition) is 4. The molecule has 1 unspecified atom stereocenters. The Balaban J connectivity index is 2.66. The second kappa shape index (κ2) is 4.63. The number of likely N-dealkylation sites (N-methyl/N-ethyl adjacent to an activating group) is 1. The smallest absolute Gasteiger partial charge is 0.244 e. The van der Waals surface area contributed by atoms with Crippen LogP contribution in [0.2, 0.25) is 0 Å². The molecule has 5 nitrogen and oxygen atoms in total. The molecule has 0 aromatic carbocycles. The first-order valence-electron chi connectivity index (χ1n) is 4.70. The van der Waals surface area contributed by atoms with Crippen LogP contribution in [0.5, 0.6) is 0 Å². The molecular formula is C10H16N4O. The molecule has 0 aliphatic carbocycles. The molecule has 5 heteroatoms. The first-order valence-corrected chi connectivity index (χ1v) is 4.70. The van der Waals surface area contributed by atoms with Crippen molar-refractivity contribution in [3.05, 3.63) is 18.3 Å². The van der Waals surface area contributed by atoms with Crippen molar-refractivity contribution in [3.8, 4) is 0 Å². The molecular weight excluding hydrogens is 192 g/mol. The number of nitrogen functional groups attached to an aromatic ring is 1. The Bertz CT molecular complexity index is 351. The maximum atomic E-state index is 11.5. The zero-order valence-electron chi connectivity index (χ0n) is 9.19. The molecule has 3 N–H and O–H groups in total. The number of hydrogen-bond donors (Lipinski definition) is 2. The number of carbonyl (C=O) groups is 1. The lowest BCUT2D eigenvalue weighted by molar-refractivity contribution is -0.129. The van der Waals surface area contributed by atoms with Crippen LogP contribution in [0.15, 0.2) is 18.3 Å². The predicted octanol–water partition coefficient (Wildman–Crippen LogP) is 0.552. The van der Waals surface area contributed by atoms with Gasteiger partial charge in [-0.3, -0.25) is 4.79 Å². The average molecular weight is 208 g/mol. The maximum Gasteiger partial charge on any atom is 0.244 e. The lowest BCUT2D eigenvalue weighted by Gasteiger charge is -2.18. The second-order valence-corrected chi connectivity index (χ2v) is 3.57. The van der Waals surface area contributed by atoms with E-state index in [4.69, 9.17) is 5.73 Å². The van der Waals surface area contributed by atoms with Gasteiger partial charge in [0, 0.05) is 32.0 Å². The van der Waals surface area contributed by atoms with Gasteiger partial charge in [0.2, 0.25) is 5.91 Å². The number of nitrogens with one attached hydrogen (secondary N) is 1. The standard InChI is InChI=1S/C10H16N4O/c1-7(10(15)14(2)3)13-9-6-8(11)4-5-12-9/h4-7H,1-3H3,(H3,11,12,13). The van der Waals surface area contributed by atoms with Gasteiger partial charge in [0.25, 0.3) is 0 Å². The fourth-order valence-corrected chi connectivity index (χ4v) is 1.20. The predicted molar refractivity (Wildman–Crippen MR) is 60.4 cm³/mol.